The number of anilines is 1. The number of amides is 2. The highest BCUT2D eigenvalue weighted by molar-refractivity contribution is 5.85. The minimum absolute atomic E-state index is 0.00990. The third-order valence-corrected chi connectivity index (χ3v) is 4.49. The van der Waals surface area contributed by atoms with E-state index in [1.54, 1.807) is 13.0 Å². The van der Waals surface area contributed by atoms with Gasteiger partial charge in [-0.15, -0.1) is 15.3 Å². The number of hydrogen-bond acceptors (Lipinski definition) is 6. The average molecular weight is 399 g/mol. The Morgan fingerprint density at radius 1 is 1.18 bits per heavy atom. The Bertz CT molecular complexity index is 860. The van der Waals surface area contributed by atoms with E-state index < -0.39 is 12.0 Å². The monoisotopic (exact) mass is 399 g/mol. The lowest BCUT2D eigenvalue weighted by Gasteiger charge is -2.32. The van der Waals surface area contributed by atoms with Crippen LogP contribution in [0.2, 0.25) is 0 Å². The number of nitrogens with one attached hydrogen (secondary N) is 2. The summed E-state index contributed by atoms with van der Waals surface area (Å²) < 4.78 is 39.7. The number of nitrogens with zero attached hydrogens (tertiary/aromatic N) is 5. The average Bonchev–Trinajstić information content (AvgIpc) is 3.10. The quantitative estimate of drug-likeness (QED) is 0.764. The van der Waals surface area contributed by atoms with Gasteiger partial charge >= 0.3 is 6.18 Å². The van der Waals surface area contributed by atoms with Gasteiger partial charge in [-0.2, -0.15) is 17.7 Å². The number of hydrogen-bond donors (Lipinski definition) is 2. The number of carbonyl (C=O) groups excluding carboxylic acids is 2. The largest absolute Gasteiger partial charge is 0.453 e. The van der Waals surface area contributed by atoms with Crippen molar-refractivity contribution in [3.63, 3.8) is 0 Å². The molecular formula is C16H20F3N7O2. The van der Waals surface area contributed by atoms with Crippen molar-refractivity contribution < 1.29 is 22.8 Å². The molecule has 2 aromatic rings. The lowest BCUT2D eigenvalue weighted by Crippen LogP contribution is -2.43. The van der Waals surface area contributed by atoms with Crippen LogP contribution in [0.1, 0.15) is 25.6 Å². The van der Waals surface area contributed by atoms with Crippen LogP contribution in [0.3, 0.4) is 0 Å². The van der Waals surface area contributed by atoms with Crippen molar-refractivity contribution in [3.05, 3.63) is 18.0 Å². The first-order valence-electron chi connectivity index (χ1n) is 8.88. The van der Waals surface area contributed by atoms with Crippen molar-refractivity contribution in [2.24, 2.45) is 5.92 Å². The first-order valence-corrected chi connectivity index (χ1v) is 8.88. The highest BCUT2D eigenvalue weighted by atomic mass is 19.4. The molecule has 1 aliphatic rings. The van der Waals surface area contributed by atoms with E-state index in [1.165, 1.54) is 6.07 Å². The van der Waals surface area contributed by atoms with E-state index in [1.807, 2.05) is 4.90 Å². The molecule has 0 aliphatic carbocycles. The van der Waals surface area contributed by atoms with E-state index in [0.29, 0.717) is 42.8 Å². The summed E-state index contributed by atoms with van der Waals surface area (Å²) in [6.45, 7) is 3.13. The topological polar surface area (TPSA) is 105 Å². The van der Waals surface area contributed by atoms with Gasteiger partial charge in [0.05, 0.1) is 6.54 Å². The van der Waals surface area contributed by atoms with E-state index in [0.717, 1.165) is 0 Å². The van der Waals surface area contributed by atoms with Crippen LogP contribution in [0.25, 0.3) is 5.65 Å². The number of fused-ring (bicyclic) bond motifs is 1. The van der Waals surface area contributed by atoms with Crippen LogP contribution in [-0.4, -0.2) is 57.8 Å². The van der Waals surface area contributed by atoms with Gasteiger partial charge in [-0.1, -0.05) is 0 Å². The minimum Gasteiger partial charge on any atom is -0.355 e. The Balaban J connectivity index is 1.62. The molecule has 1 aliphatic heterocycles. The summed E-state index contributed by atoms with van der Waals surface area (Å²) in [7, 11) is 0. The Morgan fingerprint density at radius 2 is 1.89 bits per heavy atom. The number of alkyl halides is 3. The van der Waals surface area contributed by atoms with Crippen LogP contribution in [-0.2, 0) is 15.8 Å². The molecule has 2 N–H and O–H groups in total. The molecule has 1 fully saturated rings. The molecule has 0 saturated carbocycles. The molecule has 0 spiro atoms. The van der Waals surface area contributed by atoms with Gasteiger partial charge in [0.15, 0.2) is 5.65 Å². The number of rotatable bonds is 5. The normalized spacial score (nSPS) is 15.6. The van der Waals surface area contributed by atoms with Gasteiger partial charge in [-0.3, -0.25) is 9.59 Å². The predicted molar refractivity (Wildman–Crippen MR) is 92.4 cm³/mol. The third-order valence-electron chi connectivity index (χ3n) is 4.49. The highest BCUT2D eigenvalue weighted by Crippen LogP contribution is 2.28. The van der Waals surface area contributed by atoms with Gasteiger partial charge in [0.2, 0.25) is 11.8 Å². The van der Waals surface area contributed by atoms with Crippen molar-refractivity contribution >= 4 is 23.3 Å². The van der Waals surface area contributed by atoms with Crippen molar-refractivity contribution in [2.75, 3.05) is 31.1 Å². The molecule has 0 unspecified atom stereocenters. The Hall–Kier alpha value is -2.92. The maximum atomic E-state index is 13.0. The van der Waals surface area contributed by atoms with Gasteiger partial charge in [-0.05, 0) is 31.9 Å². The van der Waals surface area contributed by atoms with Gasteiger partial charge < -0.3 is 15.5 Å². The maximum Gasteiger partial charge on any atom is 0.453 e. The van der Waals surface area contributed by atoms with Crippen molar-refractivity contribution in [2.45, 2.75) is 25.9 Å². The van der Waals surface area contributed by atoms with E-state index in [4.69, 9.17) is 0 Å². The van der Waals surface area contributed by atoms with Crippen molar-refractivity contribution in [1.29, 1.82) is 0 Å². The van der Waals surface area contributed by atoms with Crippen molar-refractivity contribution in [1.82, 2.24) is 30.4 Å². The van der Waals surface area contributed by atoms with Gasteiger partial charge in [0, 0.05) is 25.6 Å². The molecular weight excluding hydrogens is 379 g/mol. The number of carbonyl (C=O) groups is 2. The predicted octanol–water partition coefficient (Wildman–Crippen LogP) is 0.612. The lowest BCUT2D eigenvalue weighted by molar-refractivity contribution is -0.146. The summed E-state index contributed by atoms with van der Waals surface area (Å²) in [5.41, 5.74) is 0.00990. The Morgan fingerprint density at radius 3 is 2.54 bits per heavy atom. The molecule has 2 aromatic heterocycles. The molecule has 0 aromatic carbocycles. The van der Waals surface area contributed by atoms with Crippen LogP contribution in [0.5, 0.6) is 0 Å². The van der Waals surface area contributed by atoms with E-state index in [9.17, 15) is 22.8 Å². The van der Waals surface area contributed by atoms with Crippen LogP contribution in [0.4, 0.5) is 19.0 Å². The molecule has 3 rings (SSSR count). The number of piperidine rings is 1. The fourth-order valence-electron chi connectivity index (χ4n) is 3.07. The fraction of sp³-hybridized carbons (Fsp3) is 0.562. The lowest BCUT2D eigenvalue weighted by atomic mass is 9.96. The fourth-order valence-corrected chi connectivity index (χ4v) is 3.07. The maximum absolute atomic E-state index is 13.0. The Labute approximate surface area is 158 Å². The standard InChI is InChI=1S/C16H20F3N7O2/c1-2-20-13(27)9-21-14(28)10-5-7-25(8-6-10)12-4-3-11-22-23-15(16(17,18)19)26(11)24-12/h3-4,10H,2,5-9H2,1H3,(H,20,27)(H,21,28). The highest BCUT2D eigenvalue weighted by Gasteiger charge is 2.38. The van der Waals surface area contributed by atoms with Crippen LogP contribution >= 0.6 is 0 Å². The summed E-state index contributed by atoms with van der Waals surface area (Å²) in [5, 5.41) is 15.9. The smallest absolute Gasteiger partial charge is 0.355 e. The van der Waals surface area contributed by atoms with Gasteiger partial charge in [0.25, 0.3) is 5.82 Å². The van der Waals surface area contributed by atoms with E-state index in [-0.39, 0.29) is 29.9 Å². The first kappa shape index (κ1) is 19.8. The third kappa shape index (κ3) is 4.31. The number of likely N-dealkylation sites (N-methyl/N-ethyl adjacent to an activating group) is 1. The molecule has 0 atom stereocenters. The van der Waals surface area contributed by atoms with Crippen LogP contribution in [0.15, 0.2) is 12.1 Å². The van der Waals surface area contributed by atoms with Crippen LogP contribution < -0.4 is 15.5 Å². The summed E-state index contributed by atoms with van der Waals surface area (Å²) in [6, 6.07) is 3.01. The molecule has 1 saturated heterocycles. The second-order valence-corrected chi connectivity index (χ2v) is 6.42. The van der Waals surface area contributed by atoms with E-state index >= 15 is 0 Å². The van der Waals surface area contributed by atoms with Gasteiger partial charge in [0.1, 0.15) is 5.82 Å². The molecule has 28 heavy (non-hydrogen) atoms. The summed E-state index contributed by atoms with van der Waals surface area (Å²) >= 11 is 0. The second kappa shape index (κ2) is 7.98. The molecule has 152 valence electrons. The zero-order valence-electron chi connectivity index (χ0n) is 15.2. The first-order chi connectivity index (χ1) is 13.3. The van der Waals surface area contributed by atoms with Crippen molar-refractivity contribution in [3.8, 4) is 0 Å². The van der Waals surface area contributed by atoms with E-state index in [2.05, 4.69) is 25.9 Å². The number of aromatic nitrogens is 4. The number of halogens is 3. The summed E-state index contributed by atoms with van der Waals surface area (Å²) in [6.07, 6.45) is -3.63. The molecule has 0 bridgehead atoms. The SMILES string of the molecule is CCNC(=O)CNC(=O)C1CCN(c2ccc3nnc(C(F)(F)F)n3n2)CC1. The zero-order valence-corrected chi connectivity index (χ0v) is 15.2. The minimum atomic E-state index is -4.65. The summed E-state index contributed by atoms with van der Waals surface area (Å²) in [5.74, 6) is -1.52. The Kier molecular flexibility index (Phi) is 5.66. The van der Waals surface area contributed by atoms with Gasteiger partial charge in [-0.25, -0.2) is 0 Å². The zero-order chi connectivity index (χ0) is 20.3. The molecule has 3 heterocycles. The second-order valence-electron chi connectivity index (χ2n) is 6.42. The molecule has 12 heteroatoms. The summed E-state index contributed by atoms with van der Waals surface area (Å²) in [4.78, 5) is 25.4. The molecule has 0 radical (unpaired) electrons. The molecule has 2 amide bonds. The van der Waals surface area contributed by atoms with Crippen LogP contribution in [0, 0.1) is 5.92 Å². The molecule has 9 nitrogen and oxygen atoms in total.